The van der Waals surface area contributed by atoms with Gasteiger partial charge in [0, 0.05) is 15.5 Å². The van der Waals surface area contributed by atoms with E-state index in [0.29, 0.717) is 11.2 Å². The van der Waals surface area contributed by atoms with Gasteiger partial charge in [0.1, 0.15) is 10.7 Å². The monoisotopic (exact) mass is 318 g/mol. The average molecular weight is 319 g/mol. The lowest BCUT2D eigenvalue weighted by Gasteiger charge is -2.06. The number of aromatic nitrogens is 2. The number of H-pyrrole nitrogens is 1. The normalized spacial score (nSPS) is 11.2. The molecule has 3 nitrogen and oxygen atoms in total. The maximum Gasteiger partial charge on any atom is 0.260 e. The molecule has 0 bridgehead atoms. The van der Waals surface area contributed by atoms with E-state index < -0.39 is 0 Å². The summed E-state index contributed by atoms with van der Waals surface area (Å²) >= 11 is 7.70. The van der Waals surface area contributed by atoms with Gasteiger partial charge in [0.15, 0.2) is 0 Å². The quantitative estimate of drug-likeness (QED) is 0.757. The highest BCUT2D eigenvalue weighted by Crippen LogP contribution is 2.37. The molecule has 2 aromatic heterocycles. The first kappa shape index (κ1) is 14.3. The van der Waals surface area contributed by atoms with Crippen LogP contribution < -0.4 is 5.56 Å². The number of benzene rings is 1. The molecule has 0 radical (unpaired) electrons. The molecule has 0 aliphatic rings. The number of aryl methyl sites for hydroxylation is 3. The van der Waals surface area contributed by atoms with Gasteiger partial charge in [0.2, 0.25) is 0 Å². The van der Waals surface area contributed by atoms with Crippen LogP contribution in [-0.2, 0) is 6.42 Å². The van der Waals surface area contributed by atoms with Crippen LogP contribution in [0.4, 0.5) is 0 Å². The summed E-state index contributed by atoms with van der Waals surface area (Å²) < 4.78 is 0. The molecule has 0 spiro atoms. The van der Waals surface area contributed by atoms with Crippen molar-refractivity contribution < 1.29 is 0 Å². The summed E-state index contributed by atoms with van der Waals surface area (Å²) in [5.74, 6) is 0.648. The van der Waals surface area contributed by atoms with Crippen LogP contribution in [-0.4, -0.2) is 9.97 Å². The van der Waals surface area contributed by atoms with E-state index >= 15 is 0 Å². The Bertz CT molecular complexity index is 895. The van der Waals surface area contributed by atoms with Crippen LogP contribution in [0, 0.1) is 13.8 Å². The molecule has 0 aliphatic heterocycles. The van der Waals surface area contributed by atoms with Gasteiger partial charge in [-0.1, -0.05) is 24.6 Å². The number of rotatable bonds is 2. The molecular weight excluding hydrogens is 304 g/mol. The number of aromatic amines is 1. The Balaban J connectivity index is 2.40. The lowest BCUT2D eigenvalue weighted by Crippen LogP contribution is -2.09. The van der Waals surface area contributed by atoms with E-state index in [4.69, 9.17) is 11.6 Å². The second-order valence-corrected chi connectivity index (χ2v) is 6.54. The Morgan fingerprint density at radius 1 is 1.33 bits per heavy atom. The average Bonchev–Trinajstić information content (AvgIpc) is 2.80. The predicted molar refractivity (Wildman–Crippen MR) is 89.5 cm³/mol. The first-order chi connectivity index (χ1) is 10.0. The Kier molecular flexibility index (Phi) is 3.59. The molecule has 1 aromatic carbocycles. The first-order valence-electron chi connectivity index (χ1n) is 6.80. The maximum absolute atomic E-state index is 12.4. The van der Waals surface area contributed by atoms with Crippen LogP contribution in [0.15, 0.2) is 23.0 Å². The highest BCUT2D eigenvalue weighted by atomic mass is 35.5. The highest BCUT2D eigenvalue weighted by Gasteiger charge is 2.17. The third-order valence-electron chi connectivity index (χ3n) is 3.52. The van der Waals surface area contributed by atoms with Crippen molar-refractivity contribution in [3.05, 3.63) is 49.8 Å². The molecule has 0 atom stereocenters. The Morgan fingerprint density at radius 3 is 2.76 bits per heavy atom. The molecule has 108 valence electrons. The highest BCUT2D eigenvalue weighted by molar-refractivity contribution is 7.19. The lowest BCUT2D eigenvalue weighted by atomic mass is 10.0. The first-order valence-corrected chi connectivity index (χ1v) is 7.99. The molecule has 0 unspecified atom stereocenters. The summed E-state index contributed by atoms with van der Waals surface area (Å²) in [5, 5.41) is 1.42. The minimum Gasteiger partial charge on any atom is -0.310 e. The van der Waals surface area contributed by atoms with Gasteiger partial charge in [-0.15, -0.1) is 11.3 Å². The van der Waals surface area contributed by atoms with Crippen molar-refractivity contribution in [2.75, 3.05) is 0 Å². The third-order valence-corrected chi connectivity index (χ3v) is 5.17. The molecule has 0 saturated carbocycles. The van der Waals surface area contributed by atoms with Gasteiger partial charge in [-0.3, -0.25) is 4.79 Å². The standard InChI is InChI=1S/C16H15ClN2OS/c1-4-12-13(10-5-6-11(17)8(2)7-10)14-15(20)18-9(3)19-16(14)21-12/h5-7H,4H2,1-3H3,(H,18,19,20). The Hall–Kier alpha value is -1.65. The number of hydrogen-bond acceptors (Lipinski definition) is 3. The van der Waals surface area contributed by atoms with Crippen molar-refractivity contribution >= 4 is 33.2 Å². The fourth-order valence-electron chi connectivity index (χ4n) is 2.52. The molecule has 2 heterocycles. The number of halogens is 1. The Labute approximate surface area is 131 Å². The second-order valence-electron chi connectivity index (χ2n) is 5.05. The van der Waals surface area contributed by atoms with E-state index in [1.54, 1.807) is 18.3 Å². The smallest absolute Gasteiger partial charge is 0.260 e. The van der Waals surface area contributed by atoms with Gasteiger partial charge >= 0.3 is 0 Å². The molecular formula is C16H15ClN2OS. The molecule has 0 fully saturated rings. The zero-order valence-electron chi connectivity index (χ0n) is 12.1. The molecule has 0 saturated heterocycles. The van der Waals surface area contributed by atoms with Crippen LogP contribution in [0.5, 0.6) is 0 Å². The van der Waals surface area contributed by atoms with Crippen LogP contribution in [0.3, 0.4) is 0 Å². The molecule has 1 N–H and O–H groups in total. The van der Waals surface area contributed by atoms with E-state index in [2.05, 4.69) is 16.9 Å². The SMILES string of the molecule is CCc1sc2nc(C)[nH]c(=O)c2c1-c1ccc(Cl)c(C)c1. The fraction of sp³-hybridized carbons (Fsp3) is 0.250. The topological polar surface area (TPSA) is 45.8 Å². The maximum atomic E-state index is 12.4. The van der Waals surface area contributed by atoms with Gasteiger partial charge in [0.05, 0.1) is 5.39 Å². The van der Waals surface area contributed by atoms with Crippen LogP contribution in [0.2, 0.25) is 5.02 Å². The zero-order chi connectivity index (χ0) is 15.1. The van der Waals surface area contributed by atoms with E-state index in [1.807, 2.05) is 25.1 Å². The molecule has 0 amide bonds. The van der Waals surface area contributed by atoms with Gasteiger partial charge in [-0.2, -0.15) is 0 Å². The summed E-state index contributed by atoms with van der Waals surface area (Å²) in [6.07, 6.45) is 0.872. The minimum absolute atomic E-state index is 0.0731. The van der Waals surface area contributed by atoms with Crippen molar-refractivity contribution in [3.63, 3.8) is 0 Å². The van der Waals surface area contributed by atoms with Crippen molar-refractivity contribution in [1.82, 2.24) is 9.97 Å². The summed E-state index contributed by atoms with van der Waals surface area (Å²) in [4.78, 5) is 21.6. The predicted octanol–water partition coefficient (Wildman–Crippen LogP) is 4.48. The molecule has 3 rings (SSSR count). The zero-order valence-corrected chi connectivity index (χ0v) is 13.7. The number of thiophene rings is 1. The molecule has 0 aliphatic carbocycles. The fourth-order valence-corrected chi connectivity index (χ4v) is 3.81. The number of fused-ring (bicyclic) bond motifs is 1. The molecule has 21 heavy (non-hydrogen) atoms. The van der Waals surface area contributed by atoms with E-state index in [1.165, 1.54) is 4.88 Å². The van der Waals surface area contributed by atoms with E-state index in [-0.39, 0.29) is 5.56 Å². The van der Waals surface area contributed by atoms with Crippen LogP contribution >= 0.6 is 22.9 Å². The van der Waals surface area contributed by atoms with Crippen LogP contribution in [0.1, 0.15) is 23.2 Å². The largest absolute Gasteiger partial charge is 0.310 e. The third kappa shape index (κ3) is 2.39. The lowest BCUT2D eigenvalue weighted by molar-refractivity contribution is 1.07. The minimum atomic E-state index is -0.0731. The van der Waals surface area contributed by atoms with Gasteiger partial charge in [-0.05, 0) is 43.5 Å². The van der Waals surface area contributed by atoms with Gasteiger partial charge in [0.25, 0.3) is 5.56 Å². The van der Waals surface area contributed by atoms with Crippen molar-refractivity contribution in [2.24, 2.45) is 0 Å². The summed E-state index contributed by atoms with van der Waals surface area (Å²) in [6.45, 7) is 5.87. The summed E-state index contributed by atoms with van der Waals surface area (Å²) in [6, 6.07) is 5.88. The van der Waals surface area contributed by atoms with Gasteiger partial charge in [-0.25, -0.2) is 4.98 Å². The summed E-state index contributed by atoms with van der Waals surface area (Å²) in [5.41, 5.74) is 2.95. The molecule has 3 aromatic rings. The number of nitrogens with zero attached hydrogens (tertiary/aromatic N) is 1. The van der Waals surface area contributed by atoms with Crippen molar-refractivity contribution in [1.29, 1.82) is 0 Å². The van der Waals surface area contributed by atoms with Crippen LogP contribution in [0.25, 0.3) is 21.3 Å². The molecule has 5 heteroatoms. The summed E-state index contributed by atoms with van der Waals surface area (Å²) in [7, 11) is 0. The number of nitrogens with one attached hydrogen (secondary N) is 1. The van der Waals surface area contributed by atoms with Crippen molar-refractivity contribution in [2.45, 2.75) is 27.2 Å². The van der Waals surface area contributed by atoms with Gasteiger partial charge < -0.3 is 4.98 Å². The number of hydrogen-bond donors (Lipinski definition) is 1. The second kappa shape index (κ2) is 5.28. The van der Waals surface area contributed by atoms with E-state index in [0.717, 1.165) is 33.0 Å². The van der Waals surface area contributed by atoms with Crippen molar-refractivity contribution in [3.8, 4) is 11.1 Å². The van der Waals surface area contributed by atoms with E-state index in [9.17, 15) is 4.79 Å². The Morgan fingerprint density at radius 2 is 2.10 bits per heavy atom.